The van der Waals surface area contributed by atoms with E-state index in [1.54, 1.807) is 7.05 Å². The molecule has 1 amide bonds. The van der Waals surface area contributed by atoms with Crippen LogP contribution in [-0.4, -0.2) is 77.2 Å². The van der Waals surface area contributed by atoms with Crippen molar-refractivity contribution >= 4 is 11.9 Å². The molecule has 0 saturated carbocycles. The smallest absolute Gasteiger partial charge is 0.311 e. The second-order valence-electron chi connectivity index (χ2n) is 10.5. The monoisotopic (exact) mass is 517 g/mol. The van der Waals surface area contributed by atoms with Crippen LogP contribution in [0.25, 0.3) is 0 Å². The predicted octanol–water partition coefficient (Wildman–Crippen LogP) is 4.58. The van der Waals surface area contributed by atoms with Gasteiger partial charge in [-0.15, -0.1) is 0 Å². The van der Waals surface area contributed by atoms with Crippen LogP contribution in [0.4, 0.5) is 0 Å². The van der Waals surface area contributed by atoms with Crippen molar-refractivity contribution in [1.82, 2.24) is 5.06 Å². The Kier molecular flexibility index (Phi) is 17.2. The Morgan fingerprint density at radius 3 is 1.67 bits per heavy atom. The molecule has 2 rings (SSSR count). The van der Waals surface area contributed by atoms with E-state index in [2.05, 4.69) is 27.7 Å². The molecule has 36 heavy (non-hydrogen) atoms. The molecule has 0 aromatic rings. The van der Waals surface area contributed by atoms with E-state index < -0.39 is 0 Å². The number of carbonyl (C=O) groups is 2. The van der Waals surface area contributed by atoms with Crippen LogP contribution in [0.5, 0.6) is 0 Å². The number of rotatable bonds is 13. The quantitative estimate of drug-likeness (QED) is 0.259. The fourth-order valence-electron chi connectivity index (χ4n) is 4.26. The van der Waals surface area contributed by atoms with E-state index in [4.69, 9.17) is 28.5 Å². The molecule has 0 bridgehead atoms. The fourth-order valence-corrected chi connectivity index (χ4v) is 4.26. The van der Waals surface area contributed by atoms with E-state index >= 15 is 0 Å². The first-order valence-electron chi connectivity index (χ1n) is 13.5. The lowest BCUT2D eigenvalue weighted by Gasteiger charge is -2.27. The zero-order chi connectivity index (χ0) is 26.9. The van der Waals surface area contributed by atoms with E-state index in [1.165, 1.54) is 19.3 Å². The summed E-state index contributed by atoms with van der Waals surface area (Å²) >= 11 is 0. The fraction of sp³-hybridized carbons (Fsp3) is 0.926. The van der Waals surface area contributed by atoms with Crippen LogP contribution in [0.3, 0.4) is 0 Å². The van der Waals surface area contributed by atoms with Crippen molar-refractivity contribution in [3.05, 3.63) is 0 Å². The van der Waals surface area contributed by atoms with Gasteiger partial charge in [-0.3, -0.25) is 14.4 Å². The molecule has 0 radical (unpaired) electrons. The minimum Gasteiger partial charge on any atom is -0.469 e. The average molecular weight is 518 g/mol. The summed E-state index contributed by atoms with van der Waals surface area (Å²) in [5.41, 5.74) is 0. The van der Waals surface area contributed by atoms with Crippen molar-refractivity contribution in [3.8, 4) is 0 Å². The number of methoxy groups -OCH3 is 1. The zero-order valence-electron chi connectivity index (χ0n) is 23.7. The molecule has 4 unspecified atom stereocenters. The Morgan fingerprint density at radius 1 is 0.806 bits per heavy atom. The van der Waals surface area contributed by atoms with Crippen molar-refractivity contribution in [2.45, 2.75) is 91.6 Å². The van der Waals surface area contributed by atoms with Crippen LogP contribution in [-0.2, 0) is 38.1 Å². The van der Waals surface area contributed by atoms with Crippen molar-refractivity contribution in [2.24, 2.45) is 23.7 Å². The predicted molar refractivity (Wildman–Crippen MR) is 137 cm³/mol. The molecular formula is C27H51NO8. The molecule has 4 atom stereocenters. The lowest BCUT2D eigenvalue weighted by molar-refractivity contribution is -0.189. The minimum atomic E-state index is -0.186. The summed E-state index contributed by atoms with van der Waals surface area (Å²) in [5.74, 6) is 0.326. The Balaban J connectivity index is 0.000000362. The first-order valence-corrected chi connectivity index (χ1v) is 13.5. The Morgan fingerprint density at radius 2 is 1.28 bits per heavy atom. The Bertz CT molecular complexity index is 588. The topological polar surface area (TPSA) is 92.8 Å². The third-order valence-corrected chi connectivity index (χ3v) is 6.22. The maximum atomic E-state index is 12.2. The molecule has 2 saturated heterocycles. The first kappa shape index (κ1) is 32.8. The van der Waals surface area contributed by atoms with E-state index in [0.717, 1.165) is 64.6 Å². The third-order valence-electron chi connectivity index (χ3n) is 6.22. The minimum absolute atomic E-state index is 0.0352. The summed E-state index contributed by atoms with van der Waals surface area (Å²) in [4.78, 5) is 28.7. The van der Waals surface area contributed by atoms with Crippen LogP contribution >= 0.6 is 0 Å². The summed E-state index contributed by atoms with van der Waals surface area (Å²) in [5, 5.41) is 1.28. The number of nitrogens with zero attached hydrogens (tertiary/aromatic N) is 1. The van der Waals surface area contributed by atoms with Crippen LogP contribution in [0.1, 0.15) is 79.1 Å². The lowest BCUT2D eigenvalue weighted by atomic mass is 9.97. The van der Waals surface area contributed by atoms with Gasteiger partial charge in [-0.2, -0.15) is 0 Å². The number of esters is 1. The van der Waals surface area contributed by atoms with E-state index in [1.807, 2.05) is 0 Å². The maximum absolute atomic E-state index is 12.2. The second-order valence-corrected chi connectivity index (χ2v) is 10.5. The molecule has 0 aromatic heterocycles. The largest absolute Gasteiger partial charge is 0.469 e. The van der Waals surface area contributed by atoms with E-state index in [0.29, 0.717) is 25.0 Å². The number of hydrogen-bond donors (Lipinski definition) is 0. The van der Waals surface area contributed by atoms with Crippen LogP contribution in [0.15, 0.2) is 0 Å². The molecule has 0 aromatic carbocycles. The SMILES string of the molecule is COC(=O)C(COC1CCCCO1)CC(C)C.CON(C)C(=O)C(COC1CCCCO1)CC(C)C. The van der Waals surface area contributed by atoms with Gasteiger partial charge < -0.3 is 23.7 Å². The summed E-state index contributed by atoms with van der Waals surface area (Å²) in [6.45, 7) is 10.7. The number of hydroxylamine groups is 2. The Hall–Kier alpha value is -1.26. The van der Waals surface area contributed by atoms with Crippen LogP contribution < -0.4 is 0 Å². The van der Waals surface area contributed by atoms with Gasteiger partial charge in [-0.05, 0) is 63.2 Å². The third kappa shape index (κ3) is 13.9. The van der Waals surface area contributed by atoms with Gasteiger partial charge >= 0.3 is 5.97 Å². The molecule has 2 fully saturated rings. The highest BCUT2D eigenvalue weighted by molar-refractivity contribution is 5.77. The van der Waals surface area contributed by atoms with Gasteiger partial charge in [0.1, 0.15) is 0 Å². The summed E-state index contributed by atoms with van der Waals surface area (Å²) in [6, 6.07) is 0. The van der Waals surface area contributed by atoms with Gasteiger partial charge in [-0.25, -0.2) is 5.06 Å². The van der Waals surface area contributed by atoms with Crippen molar-refractivity contribution in [1.29, 1.82) is 0 Å². The summed E-state index contributed by atoms with van der Waals surface area (Å²) in [6.07, 6.45) is 7.61. The molecular weight excluding hydrogens is 466 g/mol. The molecule has 9 heteroatoms. The van der Waals surface area contributed by atoms with Gasteiger partial charge in [0.25, 0.3) is 5.91 Å². The highest BCUT2D eigenvalue weighted by Gasteiger charge is 2.26. The molecule has 9 nitrogen and oxygen atoms in total. The molecule has 2 heterocycles. The molecule has 212 valence electrons. The van der Waals surface area contributed by atoms with Gasteiger partial charge in [0.15, 0.2) is 12.6 Å². The Labute approximate surface area is 218 Å². The number of carbonyl (C=O) groups excluding carboxylic acids is 2. The number of amides is 1. The molecule has 2 aliphatic rings. The summed E-state index contributed by atoms with van der Waals surface area (Å²) in [7, 11) is 4.55. The standard InChI is InChI=1S/C14H27NO4.C13H24O4/c1-11(2)9-12(14(16)15(3)17-4)10-19-13-7-5-6-8-18-13;1-10(2)8-11(13(14)15-3)9-17-12-6-4-5-7-16-12/h11-13H,5-10H2,1-4H3;10-12H,4-9H2,1-3H3. The van der Waals surface area contributed by atoms with Gasteiger partial charge in [-0.1, -0.05) is 27.7 Å². The molecule has 0 spiro atoms. The average Bonchev–Trinajstić information content (AvgIpc) is 2.88. The van der Waals surface area contributed by atoms with Gasteiger partial charge in [0.05, 0.1) is 39.3 Å². The van der Waals surface area contributed by atoms with Crippen molar-refractivity contribution in [2.75, 3.05) is 47.7 Å². The zero-order valence-corrected chi connectivity index (χ0v) is 23.7. The van der Waals surface area contributed by atoms with Crippen molar-refractivity contribution in [3.63, 3.8) is 0 Å². The van der Waals surface area contributed by atoms with Crippen LogP contribution in [0, 0.1) is 23.7 Å². The summed E-state index contributed by atoms with van der Waals surface area (Å²) < 4.78 is 27.2. The maximum Gasteiger partial charge on any atom is 0.311 e. The number of hydrogen-bond acceptors (Lipinski definition) is 8. The van der Waals surface area contributed by atoms with Gasteiger partial charge in [0, 0.05) is 20.3 Å². The second kappa shape index (κ2) is 18.9. The highest BCUT2D eigenvalue weighted by Crippen LogP contribution is 2.20. The van der Waals surface area contributed by atoms with Crippen LogP contribution in [0.2, 0.25) is 0 Å². The van der Waals surface area contributed by atoms with E-state index in [-0.39, 0.29) is 36.3 Å². The highest BCUT2D eigenvalue weighted by atomic mass is 16.7. The number of ether oxygens (including phenoxy) is 5. The van der Waals surface area contributed by atoms with Crippen molar-refractivity contribution < 1.29 is 38.1 Å². The molecule has 0 N–H and O–H groups in total. The van der Waals surface area contributed by atoms with Gasteiger partial charge in [0.2, 0.25) is 0 Å². The molecule has 2 aliphatic heterocycles. The first-order chi connectivity index (χ1) is 17.2. The normalized spacial score (nSPS) is 21.9. The lowest BCUT2D eigenvalue weighted by Crippen LogP contribution is -2.36. The van der Waals surface area contributed by atoms with E-state index in [9.17, 15) is 9.59 Å². The molecule has 0 aliphatic carbocycles.